The van der Waals surface area contributed by atoms with Crippen LogP contribution in [-0.4, -0.2) is 36.0 Å². The van der Waals surface area contributed by atoms with E-state index in [1.807, 2.05) is 43.3 Å². The van der Waals surface area contributed by atoms with Crippen molar-refractivity contribution in [2.24, 2.45) is 0 Å². The molecule has 4 aromatic rings. The molecule has 0 bridgehead atoms. The topological polar surface area (TPSA) is 89.0 Å². The molecule has 1 aliphatic heterocycles. The zero-order valence-corrected chi connectivity index (χ0v) is 21.8. The first kappa shape index (κ1) is 24.5. The smallest absolute Gasteiger partial charge is 0.301 e. The molecule has 7 nitrogen and oxygen atoms in total. The van der Waals surface area contributed by atoms with Crippen LogP contribution in [0.3, 0.4) is 0 Å². The van der Waals surface area contributed by atoms with Crippen molar-refractivity contribution in [1.82, 2.24) is 4.98 Å². The number of hydrogen-bond donors (Lipinski definition) is 1. The van der Waals surface area contributed by atoms with E-state index in [2.05, 4.69) is 13.0 Å². The molecule has 0 saturated carbocycles. The van der Waals surface area contributed by atoms with Crippen LogP contribution in [0.1, 0.15) is 35.2 Å². The van der Waals surface area contributed by atoms with Crippen molar-refractivity contribution in [1.29, 1.82) is 0 Å². The Bertz CT molecular complexity index is 1570. The molecule has 1 N–H and O–H groups in total. The Morgan fingerprint density at radius 2 is 1.86 bits per heavy atom. The lowest BCUT2D eigenvalue weighted by Crippen LogP contribution is -2.29. The van der Waals surface area contributed by atoms with Gasteiger partial charge in [0.15, 0.2) is 5.13 Å². The molecule has 3 aromatic carbocycles. The SMILES string of the molecule is CCc1ccc2nc(N3C(=O)C(=O)/C(=C(/O)c4ccc(OC)cc4OC)C3c3cccc(C)c3)sc2c1. The number of carbonyl (C=O) groups is 2. The van der Waals surface area contributed by atoms with Crippen LogP contribution >= 0.6 is 11.3 Å². The highest BCUT2D eigenvalue weighted by molar-refractivity contribution is 7.22. The minimum atomic E-state index is -0.863. The quantitative estimate of drug-likeness (QED) is 0.198. The van der Waals surface area contributed by atoms with Gasteiger partial charge in [0.1, 0.15) is 17.3 Å². The van der Waals surface area contributed by atoms with E-state index < -0.39 is 17.7 Å². The zero-order valence-electron chi connectivity index (χ0n) is 20.9. The van der Waals surface area contributed by atoms with E-state index in [1.54, 1.807) is 18.2 Å². The Hall–Kier alpha value is -4.17. The molecule has 1 atom stereocenters. The Kier molecular flexibility index (Phi) is 6.43. The number of hydrogen-bond acceptors (Lipinski definition) is 7. The second-order valence-corrected chi connectivity index (χ2v) is 9.81. The molecule has 8 heteroatoms. The van der Waals surface area contributed by atoms with E-state index in [-0.39, 0.29) is 16.9 Å². The number of carbonyl (C=O) groups excluding carboxylic acids is 2. The Balaban J connectivity index is 1.73. The number of aliphatic hydroxyl groups excluding tert-OH is 1. The predicted molar refractivity (Wildman–Crippen MR) is 145 cm³/mol. The fourth-order valence-electron chi connectivity index (χ4n) is 4.60. The van der Waals surface area contributed by atoms with Gasteiger partial charge in [-0.25, -0.2) is 4.98 Å². The minimum absolute atomic E-state index is 0.0208. The number of benzene rings is 3. The van der Waals surface area contributed by atoms with Gasteiger partial charge in [0.25, 0.3) is 5.78 Å². The van der Waals surface area contributed by atoms with Crippen molar-refractivity contribution < 1.29 is 24.2 Å². The van der Waals surface area contributed by atoms with Crippen LogP contribution in [0.4, 0.5) is 5.13 Å². The summed E-state index contributed by atoms with van der Waals surface area (Å²) in [5, 5.41) is 11.9. The molecule has 1 saturated heterocycles. The lowest BCUT2D eigenvalue weighted by Gasteiger charge is -2.23. The van der Waals surface area contributed by atoms with Crippen LogP contribution < -0.4 is 14.4 Å². The number of methoxy groups -OCH3 is 2. The summed E-state index contributed by atoms with van der Waals surface area (Å²) in [6.07, 6.45) is 0.876. The Morgan fingerprint density at radius 3 is 2.57 bits per heavy atom. The number of aromatic nitrogens is 1. The molecule has 188 valence electrons. The average Bonchev–Trinajstić information content (AvgIpc) is 3.45. The Labute approximate surface area is 218 Å². The van der Waals surface area contributed by atoms with Crippen molar-refractivity contribution in [3.63, 3.8) is 0 Å². The summed E-state index contributed by atoms with van der Waals surface area (Å²) in [6.45, 7) is 4.01. The number of ether oxygens (including phenoxy) is 2. The molecule has 0 spiro atoms. The summed E-state index contributed by atoms with van der Waals surface area (Å²) in [4.78, 5) is 33.1. The standard InChI is InChI=1S/C29H26N2O5S/c1-5-17-9-12-21-23(14-17)37-29(30-21)31-25(18-8-6-7-16(2)13-18)24(27(33)28(31)34)26(32)20-11-10-19(35-3)15-22(20)36-4/h6-15,25,32H,5H2,1-4H3/b26-24+. The molecule has 1 aliphatic rings. The first-order chi connectivity index (χ1) is 17.9. The third-order valence-electron chi connectivity index (χ3n) is 6.52. The van der Waals surface area contributed by atoms with Gasteiger partial charge in [-0.05, 0) is 48.7 Å². The molecule has 2 heterocycles. The van der Waals surface area contributed by atoms with Crippen LogP contribution in [-0.2, 0) is 16.0 Å². The number of rotatable bonds is 6. The number of nitrogens with zero attached hydrogens (tertiary/aromatic N) is 2. The molecule has 1 fully saturated rings. The third-order valence-corrected chi connectivity index (χ3v) is 7.54. The monoisotopic (exact) mass is 514 g/mol. The number of Topliss-reactive ketones (excluding diaryl/α,β-unsaturated/α-hetero) is 1. The van der Waals surface area contributed by atoms with Gasteiger partial charge in [-0.2, -0.15) is 0 Å². The van der Waals surface area contributed by atoms with Crippen LogP contribution in [0.15, 0.2) is 66.2 Å². The second-order valence-electron chi connectivity index (χ2n) is 8.80. The molecular weight excluding hydrogens is 488 g/mol. The highest BCUT2D eigenvalue weighted by atomic mass is 32.1. The van der Waals surface area contributed by atoms with Gasteiger partial charge in [-0.15, -0.1) is 0 Å². The van der Waals surface area contributed by atoms with Gasteiger partial charge >= 0.3 is 5.91 Å². The summed E-state index contributed by atoms with van der Waals surface area (Å²) >= 11 is 1.35. The number of thiazole rings is 1. The molecule has 1 unspecified atom stereocenters. The van der Waals surface area contributed by atoms with Gasteiger partial charge in [-0.3, -0.25) is 14.5 Å². The molecule has 1 aromatic heterocycles. The van der Waals surface area contributed by atoms with E-state index in [0.29, 0.717) is 22.2 Å². The van der Waals surface area contributed by atoms with Gasteiger partial charge in [0, 0.05) is 6.07 Å². The van der Waals surface area contributed by atoms with Gasteiger partial charge in [0.05, 0.1) is 41.6 Å². The van der Waals surface area contributed by atoms with E-state index >= 15 is 0 Å². The predicted octanol–water partition coefficient (Wildman–Crippen LogP) is 5.81. The summed E-state index contributed by atoms with van der Waals surface area (Å²) in [7, 11) is 2.99. The van der Waals surface area contributed by atoms with E-state index in [4.69, 9.17) is 14.5 Å². The van der Waals surface area contributed by atoms with Crippen LogP contribution in [0.25, 0.3) is 16.0 Å². The van der Waals surface area contributed by atoms with E-state index in [1.165, 1.54) is 30.5 Å². The number of amides is 1. The van der Waals surface area contributed by atoms with Crippen LogP contribution in [0.2, 0.25) is 0 Å². The summed E-state index contributed by atoms with van der Waals surface area (Å²) in [5.74, 6) is -0.991. The lowest BCUT2D eigenvalue weighted by atomic mass is 9.94. The second kappa shape index (κ2) is 9.71. The summed E-state index contributed by atoms with van der Waals surface area (Å²) in [5.41, 5.74) is 3.83. The van der Waals surface area contributed by atoms with Crippen LogP contribution in [0.5, 0.6) is 11.5 Å². The molecular formula is C29H26N2O5S. The molecule has 1 amide bonds. The number of anilines is 1. The third kappa shape index (κ3) is 4.23. The zero-order chi connectivity index (χ0) is 26.3. The van der Waals surface area contributed by atoms with Crippen LogP contribution in [0, 0.1) is 6.92 Å². The summed E-state index contributed by atoms with van der Waals surface area (Å²) in [6, 6.07) is 17.6. The number of ketones is 1. The van der Waals surface area contributed by atoms with Gasteiger partial charge in [-0.1, -0.05) is 54.2 Å². The molecule has 0 aliphatic carbocycles. The summed E-state index contributed by atoms with van der Waals surface area (Å²) < 4.78 is 11.7. The fourth-order valence-corrected chi connectivity index (χ4v) is 5.66. The van der Waals surface area contributed by atoms with Crippen molar-refractivity contribution in [2.75, 3.05) is 19.1 Å². The number of aliphatic hydroxyl groups is 1. The van der Waals surface area contributed by atoms with Crippen molar-refractivity contribution in [3.05, 3.63) is 88.5 Å². The molecule has 37 heavy (non-hydrogen) atoms. The first-order valence-electron chi connectivity index (χ1n) is 11.9. The van der Waals surface area contributed by atoms with Crippen molar-refractivity contribution in [3.8, 4) is 11.5 Å². The normalized spacial score (nSPS) is 17.0. The average molecular weight is 515 g/mol. The fraction of sp³-hybridized carbons (Fsp3) is 0.207. The highest BCUT2D eigenvalue weighted by Crippen LogP contribution is 2.45. The Morgan fingerprint density at radius 1 is 1.05 bits per heavy atom. The van der Waals surface area contributed by atoms with E-state index in [0.717, 1.165) is 27.8 Å². The highest BCUT2D eigenvalue weighted by Gasteiger charge is 2.48. The first-order valence-corrected chi connectivity index (χ1v) is 12.7. The maximum atomic E-state index is 13.5. The van der Waals surface area contributed by atoms with Crippen molar-refractivity contribution in [2.45, 2.75) is 26.3 Å². The number of fused-ring (bicyclic) bond motifs is 1. The number of aryl methyl sites for hydroxylation is 2. The minimum Gasteiger partial charge on any atom is -0.507 e. The van der Waals surface area contributed by atoms with E-state index in [9.17, 15) is 14.7 Å². The van der Waals surface area contributed by atoms with Gasteiger partial charge in [0.2, 0.25) is 0 Å². The molecule has 5 rings (SSSR count). The lowest BCUT2D eigenvalue weighted by molar-refractivity contribution is -0.132. The maximum Gasteiger partial charge on any atom is 0.301 e. The molecule has 0 radical (unpaired) electrons. The van der Waals surface area contributed by atoms with Gasteiger partial charge < -0.3 is 14.6 Å². The largest absolute Gasteiger partial charge is 0.507 e. The van der Waals surface area contributed by atoms with Crippen molar-refractivity contribution >= 4 is 44.1 Å². The maximum absolute atomic E-state index is 13.5.